The molecule has 1 aliphatic rings. The SMILES string of the molecule is COc1ccc(C)cc1CC1(O)CCCc2occc21. The lowest BCUT2D eigenvalue weighted by molar-refractivity contribution is 0.0163. The number of rotatable bonds is 3. The Morgan fingerprint density at radius 2 is 2.20 bits per heavy atom. The summed E-state index contributed by atoms with van der Waals surface area (Å²) in [6, 6.07) is 7.98. The normalized spacial score (nSPS) is 21.6. The maximum Gasteiger partial charge on any atom is 0.122 e. The molecule has 1 aromatic carbocycles. The van der Waals surface area contributed by atoms with Crippen LogP contribution in [-0.2, 0) is 18.4 Å². The van der Waals surface area contributed by atoms with Crippen LogP contribution in [0.15, 0.2) is 34.9 Å². The van der Waals surface area contributed by atoms with Crippen molar-refractivity contribution in [1.82, 2.24) is 0 Å². The van der Waals surface area contributed by atoms with Gasteiger partial charge >= 0.3 is 0 Å². The number of hydrogen-bond donors (Lipinski definition) is 1. The summed E-state index contributed by atoms with van der Waals surface area (Å²) in [6.45, 7) is 2.05. The molecule has 1 aromatic heterocycles. The first-order chi connectivity index (χ1) is 9.62. The lowest BCUT2D eigenvalue weighted by atomic mass is 9.78. The molecule has 1 N–H and O–H groups in total. The number of aliphatic hydroxyl groups is 1. The molecule has 0 saturated carbocycles. The van der Waals surface area contributed by atoms with Crippen molar-refractivity contribution < 1.29 is 14.3 Å². The number of aryl methyl sites for hydroxylation is 2. The molecule has 1 aliphatic carbocycles. The highest BCUT2D eigenvalue weighted by atomic mass is 16.5. The molecular formula is C17H20O3. The summed E-state index contributed by atoms with van der Waals surface area (Å²) < 4.78 is 10.9. The van der Waals surface area contributed by atoms with Gasteiger partial charge in [0.05, 0.1) is 19.0 Å². The summed E-state index contributed by atoms with van der Waals surface area (Å²) in [4.78, 5) is 0. The minimum Gasteiger partial charge on any atom is -0.496 e. The number of benzene rings is 1. The molecule has 3 heteroatoms. The van der Waals surface area contributed by atoms with Crippen LogP contribution in [0.1, 0.15) is 35.3 Å². The second-order valence-electron chi connectivity index (χ2n) is 5.63. The van der Waals surface area contributed by atoms with Crippen molar-refractivity contribution in [2.75, 3.05) is 7.11 Å². The fourth-order valence-corrected chi connectivity index (χ4v) is 3.17. The summed E-state index contributed by atoms with van der Waals surface area (Å²) in [6.07, 6.45) is 4.86. The summed E-state index contributed by atoms with van der Waals surface area (Å²) in [5.74, 6) is 1.75. The van der Waals surface area contributed by atoms with Crippen molar-refractivity contribution in [3.05, 3.63) is 53.0 Å². The highest BCUT2D eigenvalue weighted by molar-refractivity contribution is 5.40. The summed E-state index contributed by atoms with van der Waals surface area (Å²) in [5.41, 5.74) is 2.31. The molecule has 20 heavy (non-hydrogen) atoms. The molecule has 1 unspecified atom stereocenters. The van der Waals surface area contributed by atoms with Gasteiger partial charge in [0.15, 0.2) is 0 Å². The standard InChI is InChI=1S/C17H20O3/c1-12-5-6-15(19-2)13(10-12)11-17(18)8-3-4-16-14(17)7-9-20-16/h5-7,9-10,18H,3-4,8,11H2,1-2H3. The first-order valence-electron chi connectivity index (χ1n) is 7.05. The predicted molar refractivity (Wildman–Crippen MR) is 77.0 cm³/mol. The van der Waals surface area contributed by atoms with E-state index in [-0.39, 0.29) is 0 Å². The molecule has 0 bridgehead atoms. The molecule has 2 aromatic rings. The van der Waals surface area contributed by atoms with E-state index < -0.39 is 5.60 Å². The second kappa shape index (κ2) is 4.98. The Bertz CT molecular complexity index is 614. The van der Waals surface area contributed by atoms with Crippen LogP contribution in [0, 0.1) is 6.92 Å². The molecule has 3 rings (SSSR count). The fraction of sp³-hybridized carbons (Fsp3) is 0.412. The number of ether oxygens (including phenoxy) is 1. The van der Waals surface area contributed by atoms with E-state index in [4.69, 9.17) is 9.15 Å². The molecule has 3 nitrogen and oxygen atoms in total. The van der Waals surface area contributed by atoms with Gasteiger partial charge in [-0.2, -0.15) is 0 Å². The van der Waals surface area contributed by atoms with Crippen LogP contribution >= 0.6 is 0 Å². The number of hydrogen-bond acceptors (Lipinski definition) is 3. The van der Waals surface area contributed by atoms with Crippen molar-refractivity contribution >= 4 is 0 Å². The maximum absolute atomic E-state index is 11.1. The van der Waals surface area contributed by atoms with Crippen molar-refractivity contribution in [2.24, 2.45) is 0 Å². The van der Waals surface area contributed by atoms with Gasteiger partial charge in [0, 0.05) is 18.4 Å². The lowest BCUT2D eigenvalue weighted by Gasteiger charge is -2.32. The van der Waals surface area contributed by atoms with Gasteiger partial charge in [-0.05, 0) is 37.5 Å². The molecule has 0 amide bonds. The Morgan fingerprint density at radius 3 is 3.00 bits per heavy atom. The summed E-state index contributed by atoms with van der Waals surface area (Å²) in [5, 5.41) is 11.1. The first kappa shape index (κ1) is 13.3. The monoisotopic (exact) mass is 272 g/mol. The minimum absolute atomic E-state index is 0.560. The van der Waals surface area contributed by atoms with Gasteiger partial charge in [-0.15, -0.1) is 0 Å². The van der Waals surface area contributed by atoms with E-state index in [1.807, 2.05) is 18.2 Å². The quantitative estimate of drug-likeness (QED) is 0.931. The van der Waals surface area contributed by atoms with Crippen molar-refractivity contribution in [2.45, 2.75) is 38.2 Å². The number of methoxy groups -OCH3 is 1. The molecule has 0 spiro atoms. The van der Waals surface area contributed by atoms with Crippen LogP contribution in [-0.4, -0.2) is 12.2 Å². The minimum atomic E-state index is -0.846. The van der Waals surface area contributed by atoms with Gasteiger partial charge in [-0.1, -0.05) is 17.7 Å². The highest BCUT2D eigenvalue weighted by Gasteiger charge is 2.37. The zero-order valence-corrected chi connectivity index (χ0v) is 12.0. The van der Waals surface area contributed by atoms with E-state index in [0.29, 0.717) is 6.42 Å². The Kier molecular flexibility index (Phi) is 3.30. The van der Waals surface area contributed by atoms with E-state index in [9.17, 15) is 5.11 Å². The van der Waals surface area contributed by atoms with Crippen molar-refractivity contribution in [3.63, 3.8) is 0 Å². The third-order valence-electron chi connectivity index (χ3n) is 4.16. The fourth-order valence-electron chi connectivity index (χ4n) is 3.17. The van der Waals surface area contributed by atoms with E-state index in [1.165, 1.54) is 5.56 Å². The molecule has 1 heterocycles. The second-order valence-corrected chi connectivity index (χ2v) is 5.63. The Labute approximate surface area is 119 Å². The molecule has 1 atom stereocenters. The smallest absolute Gasteiger partial charge is 0.122 e. The van der Waals surface area contributed by atoms with Gasteiger partial charge in [-0.25, -0.2) is 0 Å². The van der Waals surface area contributed by atoms with E-state index in [2.05, 4.69) is 13.0 Å². The van der Waals surface area contributed by atoms with Crippen molar-refractivity contribution in [3.8, 4) is 5.75 Å². The largest absolute Gasteiger partial charge is 0.496 e. The molecule has 106 valence electrons. The molecule has 0 fully saturated rings. The number of furan rings is 1. The lowest BCUT2D eigenvalue weighted by Crippen LogP contribution is -2.32. The highest BCUT2D eigenvalue weighted by Crippen LogP contribution is 2.40. The maximum atomic E-state index is 11.1. The average molecular weight is 272 g/mol. The number of fused-ring (bicyclic) bond motifs is 1. The van der Waals surface area contributed by atoms with Crippen LogP contribution in [0.4, 0.5) is 0 Å². The molecule has 0 aliphatic heterocycles. The third kappa shape index (κ3) is 2.22. The average Bonchev–Trinajstić information content (AvgIpc) is 2.89. The zero-order chi connectivity index (χ0) is 14.2. The van der Waals surface area contributed by atoms with E-state index in [1.54, 1.807) is 13.4 Å². The Hall–Kier alpha value is -1.74. The van der Waals surface area contributed by atoms with Crippen LogP contribution in [0.2, 0.25) is 0 Å². The first-order valence-corrected chi connectivity index (χ1v) is 7.05. The van der Waals surface area contributed by atoms with E-state index in [0.717, 1.165) is 41.9 Å². The van der Waals surface area contributed by atoms with Crippen LogP contribution in [0.5, 0.6) is 5.75 Å². The molecule has 0 radical (unpaired) electrons. The van der Waals surface area contributed by atoms with Gasteiger partial charge < -0.3 is 14.3 Å². The third-order valence-corrected chi connectivity index (χ3v) is 4.16. The van der Waals surface area contributed by atoms with Gasteiger partial charge in [0.25, 0.3) is 0 Å². The Balaban J connectivity index is 1.98. The van der Waals surface area contributed by atoms with Crippen LogP contribution < -0.4 is 4.74 Å². The van der Waals surface area contributed by atoms with Gasteiger partial charge in [0.1, 0.15) is 11.5 Å². The molecule has 0 saturated heterocycles. The van der Waals surface area contributed by atoms with Gasteiger partial charge in [-0.3, -0.25) is 0 Å². The van der Waals surface area contributed by atoms with E-state index >= 15 is 0 Å². The predicted octanol–water partition coefficient (Wildman–Crippen LogP) is 3.36. The molecular weight excluding hydrogens is 252 g/mol. The van der Waals surface area contributed by atoms with Crippen LogP contribution in [0.3, 0.4) is 0 Å². The summed E-state index contributed by atoms with van der Waals surface area (Å²) >= 11 is 0. The summed E-state index contributed by atoms with van der Waals surface area (Å²) in [7, 11) is 1.67. The Morgan fingerprint density at radius 1 is 1.35 bits per heavy atom. The van der Waals surface area contributed by atoms with Crippen molar-refractivity contribution in [1.29, 1.82) is 0 Å². The van der Waals surface area contributed by atoms with Gasteiger partial charge in [0.2, 0.25) is 0 Å². The van der Waals surface area contributed by atoms with Crippen LogP contribution in [0.25, 0.3) is 0 Å². The zero-order valence-electron chi connectivity index (χ0n) is 12.0. The topological polar surface area (TPSA) is 42.6 Å².